The highest BCUT2D eigenvalue weighted by Crippen LogP contribution is 2.50. The first-order valence-electron chi connectivity index (χ1n) is 18.9. The molecule has 5 heterocycles. The number of nitrogens with zero attached hydrogens (tertiary/aromatic N) is 8. The van der Waals surface area contributed by atoms with Crippen molar-refractivity contribution < 1.29 is 23.8 Å². The molecule has 1 saturated heterocycles. The van der Waals surface area contributed by atoms with Crippen molar-refractivity contribution in [3.05, 3.63) is 65.9 Å². The summed E-state index contributed by atoms with van der Waals surface area (Å²) in [4.78, 5) is 46.7. The molecule has 0 unspecified atom stereocenters. The van der Waals surface area contributed by atoms with Gasteiger partial charge < -0.3 is 29.3 Å². The number of ether oxygens (including phenoxy) is 3. The van der Waals surface area contributed by atoms with Crippen molar-refractivity contribution >= 4 is 28.7 Å². The van der Waals surface area contributed by atoms with Gasteiger partial charge in [0.05, 0.1) is 38.0 Å². The average Bonchev–Trinajstić information content (AvgIpc) is 3.62. The summed E-state index contributed by atoms with van der Waals surface area (Å²) >= 11 is 0. The van der Waals surface area contributed by atoms with E-state index >= 15 is 0 Å². The van der Waals surface area contributed by atoms with Crippen LogP contribution in [0.5, 0.6) is 11.5 Å². The normalized spacial score (nSPS) is 20.4. The molecule has 14 heteroatoms. The molecule has 53 heavy (non-hydrogen) atoms. The van der Waals surface area contributed by atoms with Gasteiger partial charge in [0, 0.05) is 70.1 Å². The van der Waals surface area contributed by atoms with Crippen LogP contribution in [0.4, 0.5) is 5.82 Å². The van der Waals surface area contributed by atoms with E-state index in [-0.39, 0.29) is 29.9 Å². The molecule has 1 saturated carbocycles. The van der Waals surface area contributed by atoms with Crippen LogP contribution in [0, 0.1) is 5.92 Å². The minimum Gasteiger partial charge on any atom is -0.493 e. The number of hydrogen-bond donors (Lipinski definition) is 1. The van der Waals surface area contributed by atoms with Gasteiger partial charge >= 0.3 is 0 Å². The fraction of sp³-hybridized carbons (Fsp3) is 0.538. The molecular formula is C39H51N9O5. The monoisotopic (exact) mass is 725 g/mol. The van der Waals surface area contributed by atoms with Gasteiger partial charge in [0.15, 0.2) is 17.1 Å². The molecule has 1 aliphatic carbocycles. The van der Waals surface area contributed by atoms with E-state index in [0.29, 0.717) is 45.9 Å². The summed E-state index contributed by atoms with van der Waals surface area (Å²) in [5, 5.41) is 8.51. The van der Waals surface area contributed by atoms with Gasteiger partial charge in [0.25, 0.3) is 0 Å². The molecule has 1 N–H and O–H groups in total. The summed E-state index contributed by atoms with van der Waals surface area (Å²) in [6, 6.07) is 10.1. The molecule has 0 radical (unpaired) electrons. The molecule has 2 aliphatic heterocycles. The Hall–Kier alpha value is -4.82. The van der Waals surface area contributed by atoms with E-state index in [9.17, 15) is 9.59 Å². The van der Waals surface area contributed by atoms with Gasteiger partial charge in [-0.25, -0.2) is 14.6 Å². The molecule has 1 spiro atoms. The molecule has 14 nitrogen and oxygen atoms in total. The van der Waals surface area contributed by atoms with E-state index in [4.69, 9.17) is 14.2 Å². The predicted octanol–water partition coefficient (Wildman–Crippen LogP) is 3.42. The second kappa shape index (κ2) is 16.5. The maximum atomic E-state index is 14.1. The largest absolute Gasteiger partial charge is 0.493 e. The number of fused-ring (bicyclic) bond motifs is 3. The Kier molecular flexibility index (Phi) is 11.3. The average molecular weight is 726 g/mol. The Bertz CT molecular complexity index is 1870. The van der Waals surface area contributed by atoms with Crippen molar-refractivity contribution in [3.63, 3.8) is 0 Å². The fourth-order valence-electron chi connectivity index (χ4n) is 8.49. The number of pyridine rings is 1. The smallest absolute Gasteiger partial charge is 0.245 e. The first kappa shape index (κ1) is 36.5. The molecule has 7 rings (SSSR count). The van der Waals surface area contributed by atoms with Crippen LogP contribution in [0.2, 0.25) is 0 Å². The first-order chi connectivity index (χ1) is 25.9. The van der Waals surface area contributed by atoms with Crippen LogP contribution < -0.4 is 19.7 Å². The second-order valence-electron chi connectivity index (χ2n) is 14.1. The first-order valence-corrected chi connectivity index (χ1v) is 18.9. The van der Waals surface area contributed by atoms with Gasteiger partial charge in [-0.1, -0.05) is 6.07 Å². The number of carbonyl (C=O) groups is 2. The minimum atomic E-state index is -0.211. The number of hydrogen-bond acceptors (Lipinski definition) is 11. The van der Waals surface area contributed by atoms with E-state index in [1.165, 1.54) is 11.1 Å². The maximum absolute atomic E-state index is 14.1. The van der Waals surface area contributed by atoms with E-state index in [0.717, 1.165) is 85.7 Å². The third-order valence-electron chi connectivity index (χ3n) is 11.2. The van der Waals surface area contributed by atoms with Crippen molar-refractivity contribution in [3.8, 4) is 11.5 Å². The SMILES string of the molecule is CCOCC(=O)NCCCN1CCc2cc(OC)c(OC)cc2[C@]12CC[C@@H](C(=O)N1CCN(c3ncnc4c3cnn4Cc3ccccn3)CC1)CC2. The van der Waals surface area contributed by atoms with Gasteiger partial charge in [-0.3, -0.25) is 19.5 Å². The number of anilines is 1. The number of carbonyl (C=O) groups excluding carboxylic acids is 2. The topological polar surface area (TPSA) is 140 Å². The van der Waals surface area contributed by atoms with Gasteiger partial charge in [-0.15, -0.1) is 0 Å². The molecule has 0 atom stereocenters. The molecule has 2 amide bonds. The Labute approximate surface area is 310 Å². The van der Waals surface area contributed by atoms with Crippen molar-refractivity contribution in [1.82, 2.24) is 39.8 Å². The summed E-state index contributed by atoms with van der Waals surface area (Å²) in [6.07, 6.45) is 10.3. The van der Waals surface area contributed by atoms with E-state index < -0.39 is 0 Å². The maximum Gasteiger partial charge on any atom is 0.245 e. The highest BCUT2D eigenvalue weighted by Gasteiger charge is 2.47. The van der Waals surface area contributed by atoms with Crippen LogP contribution in [0.3, 0.4) is 0 Å². The number of methoxy groups -OCH3 is 2. The summed E-state index contributed by atoms with van der Waals surface area (Å²) in [6.45, 7) is 8.07. The molecule has 2 fully saturated rings. The van der Waals surface area contributed by atoms with Crippen LogP contribution in [0.15, 0.2) is 49.1 Å². The van der Waals surface area contributed by atoms with Crippen LogP contribution in [0.1, 0.15) is 55.8 Å². The third-order valence-corrected chi connectivity index (χ3v) is 11.2. The lowest BCUT2D eigenvalue weighted by molar-refractivity contribution is -0.138. The molecule has 3 aliphatic rings. The zero-order valence-corrected chi connectivity index (χ0v) is 31.1. The van der Waals surface area contributed by atoms with Gasteiger partial charge in [-0.2, -0.15) is 5.10 Å². The highest BCUT2D eigenvalue weighted by atomic mass is 16.5. The highest BCUT2D eigenvalue weighted by molar-refractivity contribution is 5.87. The van der Waals surface area contributed by atoms with Crippen molar-refractivity contribution in [2.75, 3.05) is 78.1 Å². The van der Waals surface area contributed by atoms with Gasteiger partial charge in [-0.05, 0) is 80.8 Å². The number of piperazine rings is 1. The van der Waals surface area contributed by atoms with E-state index in [2.05, 4.69) is 47.3 Å². The standard InChI is InChI=1S/C39H51N9O5/c1-4-53-26-35(49)41-15-7-16-47-17-11-29-22-33(51-2)34(52-3)23-32(29)39(47)12-9-28(10-13-39)38(50)46-20-18-45(19-21-46)36-31-24-44-48(37(31)43-27-42-36)25-30-8-5-6-14-40-30/h5-6,8,14,22-24,27-28H,4,7,9-13,15-21,25-26H2,1-3H3,(H,41,49)/t28-,39-. The third kappa shape index (κ3) is 7.65. The number of amides is 2. The fourth-order valence-corrected chi connectivity index (χ4v) is 8.49. The zero-order valence-electron chi connectivity index (χ0n) is 31.1. The summed E-state index contributed by atoms with van der Waals surface area (Å²) in [7, 11) is 3.36. The predicted molar refractivity (Wildman–Crippen MR) is 200 cm³/mol. The lowest BCUT2D eigenvalue weighted by atomic mass is 9.68. The van der Waals surface area contributed by atoms with Gasteiger partial charge in [0.1, 0.15) is 18.8 Å². The van der Waals surface area contributed by atoms with Crippen molar-refractivity contribution in [2.45, 2.75) is 57.5 Å². The number of nitrogens with one attached hydrogen (secondary N) is 1. The Morgan fingerprint density at radius 3 is 2.51 bits per heavy atom. The van der Waals surface area contributed by atoms with E-state index in [1.54, 1.807) is 26.7 Å². The Morgan fingerprint density at radius 2 is 1.77 bits per heavy atom. The summed E-state index contributed by atoms with van der Waals surface area (Å²) < 4.78 is 18.6. The Balaban J connectivity index is 1.00. The van der Waals surface area contributed by atoms with Gasteiger partial charge in [0.2, 0.25) is 11.8 Å². The quantitative estimate of drug-likeness (QED) is 0.203. The van der Waals surface area contributed by atoms with Crippen molar-refractivity contribution in [2.24, 2.45) is 5.92 Å². The molecule has 3 aromatic heterocycles. The minimum absolute atomic E-state index is 0.0204. The number of benzene rings is 1. The molecular weight excluding hydrogens is 674 g/mol. The molecule has 1 aromatic carbocycles. The summed E-state index contributed by atoms with van der Waals surface area (Å²) in [5.41, 5.74) is 4.04. The second-order valence-corrected chi connectivity index (χ2v) is 14.1. The van der Waals surface area contributed by atoms with Crippen molar-refractivity contribution in [1.29, 1.82) is 0 Å². The molecule has 0 bridgehead atoms. The molecule has 4 aromatic rings. The lowest BCUT2D eigenvalue weighted by Crippen LogP contribution is -2.55. The summed E-state index contributed by atoms with van der Waals surface area (Å²) in [5.74, 6) is 2.48. The molecule has 282 valence electrons. The van der Waals surface area contributed by atoms with Crippen LogP contribution in [-0.4, -0.2) is 120 Å². The number of rotatable bonds is 13. The lowest BCUT2D eigenvalue weighted by Gasteiger charge is -2.52. The number of aromatic nitrogens is 5. The Morgan fingerprint density at radius 1 is 0.981 bits per heavy atom. The van der Waals surface area contributed by atoms with Crippen LogP contribution >= 0.6 is 0 Å². The van der Waals surface area contributed by atoms with Crippen LogP contribution in [0.25, 0.3) is 11.0 Å². The zero-order chi connectivity index (χ0) is 36.8. The van der Waals surface area contributed by atoms with E-state index in [1.807, 2.05) is 40.9 Å². The van der Waals surface area contributed by atoms with Crippen LogP contribution in [-0.2, 0) is 32.8 Å².